The molecule has 2 N–H and O–H groups in total. The van der Waals surface area contributed by atoms with Gasteiger partial charge in [0.2, 0.25) is 0 Å². The van der Waals surface area contributed by atoms with E-state index in [4.69, 9.17) is 9.22 Å². The summed E-state index contributed by atoms with van der Waals surface area (Å²) >= 11 is 0. The first kappa shape index (κ1) is 9.48. The summed E-state index contributed by atoms with van der Waals surface area (Å²) in [5, 5.41) is 34.0. The van der Waals surface area contributed by atoms with Crippen LogP contribution >= 0.6 is 0 Å². The topological polar surface area (TPSA) is 131 Å². The van der Waals surface area contributed by atoms with Crippen LogP contribution in [-0.4, -0.2) is 27.3 Å². The minimum absolute atomic E-state index is 0.125. The number of hydrogen-bond acceptors (Lipinski definition) is 7. The molecule has 0 heterocycles. The van der Waals surface area contributed by atoms with Gasteiger partial charge in [-0.2, -0.15) is 5.10 Å². The Balaban J connectivity index is 3.64. The molecular formula is C9H10N4O5. The number of aliphatic hydroxyl groups is 1. The van der Waals surface area contributed by atoms with Gasteiger partial charge < -0.3 is 5.11 Å². The molecule has 18 heavy (non-hydrogen) atoms. The fourth-order valence-electron chi connectivity index (χ4n) is 0.883. The molecule has 0 aromatic heterocycles. The number of nitrogens with one attached hydrogen (secondary N) is 1. The Kier molecular flexibility index (Phi) is 2.99. The van der Waals surface area contributed by atoms with Gasteiger partial charge >= 0.3 is 5.69 Å². The first-order chi connectivity index (χ1) is 9.72. The van der Waals surface area contributed by atoms with Gasteiger partial charge in [0.1, 0.15) is 5.69 Å². The van der Waals surface area contributed by atoms with Crippen molar-refractivity contribution in [3.8, 4) is 0 Å². The molecule has 0 atom stereocenters. The van der Waals surface area contributed by atoms with E-state index >= 15 is 0 Å². The van der Waals surface area contributed by atoms with Crippen LogP contribution in [-0.2, 0) is 0 Å². The number of nitro benzene ring substituents is 2. The zero-order valence-corrected chi connectivity index (χ0v) is 9.13. The predicted octanol–water partition coefficient (Wildman–Crippen LogP) is 1.28. The highest BCUT2D eigenvalue weighted by atomic mass is 16.6. The van der Waals surface area contributed by atoms with E-state index in [9.17, 15) is 20.2 Å². The molecule has 9 nitrogen and oxygen atoms in total. The number of anilines is 1. The second-order valence-electron chi connectivity index (χ2n) is 3.08. The molecule has 0 saturated heterocycles. The molecule has 0 spiro atoms. The molecule has 0 amide bonds. The summed E-state index contributed by atoms with van der Waals surface area (Å²) in [4.78, 5) is 19.6. The highest BCUT2D eigenvalue weighted by Crippen LogP contribution is 2.28. The van der Waals surface area contributed by atoms with Crippen molar-refractivity contribution >= 4 is 22.8 Å². The highest BCUT2D eigenvalue weighted by Gasteiger charge is 2.19. The standard InChI is InChI=1S/C9H10N4O5/c1-6(5-14)10-11-8-3-2-7(12(15)16)4-9(8)13(17)18/h2-4,11,14H,5H2,1H3/b10-6+/i2D,3D,4D. The van der Waals surface area contributed by atoms with Gasteiger partial charge in [0, 0.05) is 6.04 Å². The average molecular weight is 257 g/mol. The fraction of sp³-hybridized carbons (Fsp3) is 0.222. The van der Waals surface area contributed by atoms with Gasteiger partial charge in [0.25, 0.3) is 5.69 Å². The van der Waals surface area contributed by atoms with Gasteiger partial charge in [-0.3, -0.25) is 25.7 Å². The predicted molar refractivity (Wildman–Crippen MR) is 63.6 cm³/mol. The first-order valence-electron chi connectivity index (χ1n) is 6.04. The molecule has 0 fully saturated rings. The van der Waals surface area contributed by atoms with Crippen LogP contribution in [0, 0.1) is 20.2 Å². The van der Waals surface area contributed by atoms with Crippen LogP contribution in [0.3, 0.4) is 0 Å². The zero-order chi connectivity index (χ0) is 16.3. The molecule has 1 aromatic rings. The smallest absolute Gasteiger partial charge is 0.301 e. The van der Waals surface area contributed by atoms with Gasteiger partial charge in [-0.1, -0.05) is 0 Å². The fourth-order valence-corrected chi connectivity index (χ4v) is 0.883. The SMILES string of the molecule is [2H]c1c([2H])c([N+](=O)[O-])c([2H])c([N+](=O)[O-])c1N/N=C(\C)CO. The lowest BCUT2D eigenvalue weighted by atomic mass is 10.2. The van der Waals surface area contributed by atoms with Crippen molar-refractivity contribution in [1.82, 2.24) is 0 Å². The van der Waals surface area contributed by atoms with Gasteiger partial charge in [-0.25, -0.2) is 0 Å². The maximum Gasteiger partial charge on any atom is 0.301 e. The monoisotopic (exact) mass is 257 g/mol. The van der Waals surface area contributed by atoms with Crippen LogP contribution < -0.4 is 5.43 Å². The molecule has 0 radical (unpaired) electrons. The largest absolute Gasteiger partial charge is 0.390 e. The molecule has 0 aliphatic rings. The lowest BCUT2D eigenvalue weighted by Gasteiger charge is -2.02. The number of nitro groups is 2. The zero-order valence-electron chi connectivity index (χ0n) is 12.1. The second kappa shape index (κ2) is 5.68. The minimum Gasteiger partial charge on any atom is -0.390 e. The van der Waals surface area contributed by atoms with Gasteiger partial charge in [-0.05, 0) is 13.0 Å². The Labute approximate surface area is 105 Å². The second-order valence-corrected chi connectivity index (χ2v) is 3.08. The summed E-state index contributed by atoms with van der Waals surface area (Å²) in [6, 6.07) is -2.86. The van der Waals surface area contributed by atoms with Crippen LogP contribution in [0.4, 0.5) is 17.1 Å². The summed E-state index contributed by atoms with van der Waals surface area (Å²) in [7, 11) is 0. The van der Waals surface area contributed by atoms with Crippen LogP contribution in [0.5, 0.6) is 0 Å². The van der Waals surface area contributed by atoms with Crippen molar-refractivity contribution in [2.75, 3.05) is 12.0 Å². The Morgan fingerprint density at radius 2 is 2.17 bits per heavy atom. The molecule has 1 aromatic carbocycles. The van der Waals surface area contributed by atoms with E-state index in [2.05, 4.69) is 10.5 Å². The van der Waals surface area contributed by atoms with E-state index in [-0.39, 0.29) is 5.71 Å². The van der Waals surface area contributed by atoms with Crippen LogP contribution in [0.25, 0.3) is 0 Å². The van der Waals surface area contributed by atoms with Crippen molar-refractivity contribution < 1.29 is 19.1 Å². The van der Waals surface area contributed by atoms with Crippen molar-refractivity contribution in [2.24, 2.45) is 5.10 Å². The quantitative estimate of drug-likeness (QED) is 0.464. The van der Waals surface area contributed by atoms with E-state index < -0.39 is 51.6 Å². The molecule has 0 saturated carbocycles. The first-order valence-corrected chi connectivity index (χ1v) is 4.54. The summed E-state index contributed by atoms with van der Waals surface area (Å²) in [5.41, 5.74) is -0.550. The molecule has 0 aliphatic heterocycles. The van der Waals surface area contributed by atoms with Crippen LogP contribution in [0.2, 0.25) is 0 Å². The normalized spacial score (nSPS) is 13.4. The third-order valence-corrected chi connectivity index (χ3v) is 1.73. The number of hydrazone groups is 1. The summed E-state index contributed by atoms with van der Waals surface area (Å²) in [5.74, 6) is 0. The average Bonchev–Trinajstić information content (AvgIpc) is 2.39. The number of rotatable bonds is 5. The van der Waals surface area contributed by atoms with Gasteiger partial charge in [0.05, 0.1) is 32.3 Å². The lowest BCUT2D eigenvalue weighted by molar-refractivity contribution is -0.393. The maximum atomic E-state index is 11.0. The van der Waals surface area contributed by atoms with Crippen molar-refractivity contribution in [1.29, 1.82) is 0 Å². The molecular weight excluding hydrogens is 244 g/mol. The van der Waals surface area contributed by atoms with E-state index in [1.54, 1.807) is 0 Å². The number of aliphatic hydroxyl groups excluding tert-OH is 1. The molecule has 96 valence electrons. The number of benzene rings is 1. The van der Waals surface area contributed by atoms with Gasteiger partial charge in [0.15, 0.2) is 0 Å². The highest BCUT2D eigenvalue weighted by molar-refractivity contribution is 5.84. The summed E-state index contributed by atoms with van der Waals surface area (Å²) in [6.07, 6.45) is 0. The van der Waals surface area contributed by atoms with E-state index in [0.717, 1.165) is 0 Å². The van der Waals surface area contributed by atoms with Crippen molar-refractivity contribution in [3.05, 3.63) is 38.4 Å². The number of hydrogen-bond donors (Lipinski definition) is 2. The van der Waals surface area contributed by atoms with E-state index in [1.807, 2.05) is 0 Å². The molecule has 0 bridgehead atoms. The molecule has 9 heteroatoms. The van der Waals surface area contributed by atoms with Crippen LogP contribution in [0.15, 0.2) is 23.2 Å². The Hall–Kier alpha value is -2.55. The Morgan fingerprint density at radius 3 is 2.67 bits per heavy atom. The minimum atomic E-state index is -1.12. The molecule has 0 aliphatic carbocycles. The molecule has 1 rings (SSSR count). The van der Waals surface area contributed by atoms with E-state index in [1.165, 1.54) is 6.92 Å². The maximum absolute atomic E-state index is 11.0. The van der Waals surface area contributed by atoms with E-state index in [0.29, 0.717) is 0 Å². The summed E-state index contributed by atoms with van der Waals surface area (Å²) in [6.45, 7) is 0.930. The Bertz CT molecular complexity index is 649. The third kappa shape index (κ3) is 3.22. The Morgan fingerprint density at radius 1 is 1.50 bits per heavy atom. The lowest BCUT2D eigenvalue weighted by Crippen LogP contribution is -2.04. The molecule has 0 unspecified atom stereocenters. The number of nitrogens with zero attached hydrogens (tertiary/aromatic N) is 3. The van der Waals surface area contributed by atoms with Crippen molar-refractivity contribution in [3.63, 3.8) is 0 Å². The van der Waals surface area contributed by atoms with Crippen molar-refractivity contribution in [2.45, 2.75) is 6.92 Å². The third-order valence-electron chi connectivity index (χ3n) is 1.73. The van der Waals surface area contributed by atoms with Gasteiger partial charge in [-0.15, -0.1) is 0 Å². The summed E-state index contributed by atoms with van der Waals surface area (Å²) < 4.78 is 22.5. The van der Waals surface area contributed by atoms with Crippen LogP contribution in [0.1, 0.15) is 11.0 Å².